The highest BCUT2D eigenvalue weighted by Crippen LogP contribution is 2.38. The van der Waals surface area contributed by atoms with Gasteiger partial charge >= 0.3 is 17.9 Å². The lowest BCUT2D eigenvalue weighted by molar-refractivity contribution is 0.0296. The van der Waals surface area contributed by atoms with Gasteiger partial charge in [-0.1, -0.05) is 94.9 Å². The van der Waals surface area contributed by atoms with Gasteiger partial charge in [0.25, 0.3) is 5.91 Å². The van der Waals surface area contributed by atoms with Crippen molar-refractivity contribution in [2.24, 2.45) is 0 Å². The molecule has 19 nitrogen and oxygen atoms in total. The molecule has 0 unspecified atom stereocenters. The number of halogens is 4. The maximum absolute atomic E-state index is 13.6. The molecule has 0 radical (unpaired) electrons. The molecule has 1 aliphatic heterocycles. The van der Waals surface area contributed by atoms with E-state index in [9.17, 15) is 24.3 Å². The lowest BCUT2D eigenvalue weighted by Crippen LogP contribution is -2.41. The average molecular weight is 1400 g/mol. The largest absolute Gasteiger partial charge is 0.477 e. The zero-order chi connectivity index (χ0) is 70.3. The van der Waals surface area contributed by atoms with E-state index in [-0.39, 0.29) is 23.5 Å². The highest BCUT2D eigenvalue weighted by Gasteiger charge is 2.31. The fraction of sp³-hybridized carbons (Fsp3) is 0.253. The number of H-pyrrole nitrogens is 1. The molecule has 0 bridgehead atoms. The molecule has 98 heavy (non-hydrogen) atoms. The summed E-state index contributed by atoms with van der Waals surface area (Å²) >= 11 is 24.0. The van der Waals surface area contributed by atoms with Crippen LogP contribution in [-0.2, 0) is 33.8 Å². The molecule has 2 N–H and O–H groups in total. The van der Waals surface area contributed by atoms with Crippen LogP contribution in [0.4, 0.5) is 0 Å². The monoisotopic (exact) mass is 1400 g/mol. The zero-order valence-electron chi connectivity index (χ0n) is 56.1. The van der Waals surface area contributed by atoms with Gasteiger partial charge in [-0.15, -0.1) is 0 Å². The van der Waals surface area contributed by atoms with Crippen LogP contribution in [0.1, 0.15) is 118 Å². The second kappa shape index (κ2) is 33.5. The lowest BCUT2D eigenvalue weighted by atomic mass is 10.0. The maximum Gasteiger partial charge on any atom is 0.355 e. The van der Waals surface area contributed by atoms with Crippen LogP contribution < -0.4 is 0 Å². The van der Waals surface area contributed by atoms with Gasteiger partial charge in [-0.05, 0) is 162 Å². The number of carboxylic acids is 1. The van der Waals surface area contributed by atoms with Crippen LogP contribution in [0.25, 0.3) is 44.5 Å². The molecule has 23 heteroatoms. The number of aryl methyl sites for hydroxylation is 1. The molecule has 0 spiro atoms. The number of benzene rings is 4. The predicted octanol–water partition coefficient (Wildman–Crippen LogP) is 16.3. The number of hydrogen-bond acceptors (Lipinski definition) is 13. The van der Waals surface area contributed by atoms with Crippen LogP contribution in [0, 0.1) is 55.4 Å². The number of aromatic nitrogens is 10. The number of carboxylic acid groups (broad SMARTS) is 1. The van der Waals surface area contributed by atoms with E-state index in [2.05, 4.69) is 53.3 Å². The van der Waals surface area contributed by atoms with Crippen molar-refractivity contribution < 1.29 is 38.5 Å². The Balaban J connectivity index is 0.000000154. The molecule has 1 saturated heterocycles. The fourth-order valence-electron chi connectivity index (χ4n) is 11.7. The number of hydrogen-bond donors (Lipinski definition) is 2. The third-order valence-electron chi connectivity index (χ3n) is 17.0. The van der Waals surface area contributed by atoms with Gasteiger partial charge < -0.3 is 42.9 Å². The van der Waals surface area contributed by atoms with Crippen LogP contribution in [0.2, 0.25) is 20.1 Å². The first-order valence-corrected chi connectivity index (χ1v) is 33.1. The van der Waals surface area contributed by atoms with Crippen molar-refractivity contribution in [1.29, 1.82) is 0 Å². The molecule has 506 valence electrons. The van der Waals surface area contributed by atoms with Crippen LogP contribution in [0.5, 0.6) is 0 Å². The normalized spacial score (nSPS) is 11.8. The average Bonchev–Trinajstić information content (AvgIpc) is 1.63. The molecule has 1 aliphatic rings. The molecule has 0 atom stereocenters. The van der Waals surface area contributed by atoms with Crippen molar-refractivity contribution in [1.82, 2.24) is 53.5 Å². The van der Waals surface area contributed by atoms with Crippen molar-refractivity contribution in [3.05, 3.63) is 258 Å². The van der Waals surface area contributed by atoms with Crippen LogP contribution >= 0.6 is 46.4 Å². The third-order valence-corrected chi connectivity index (χ3v) is 18.0. The first-order chi connectivity index (χ1) is 47.1. The summed E-state index contributed by atoms with van der Waals surface area (Å²) in [6.45, 7) is 23.9. The van der Waals surface area contributed by atoms with Gasteiger partial charge in [-0.3, -0.25) is 4.79 Å². The highest BCUT2D eigenvalue weighted by atomic mass is 35.5. The van der Waals surface area contributed by atoms with E-state index in [0.717, 1.165) is 101 Å². The van der Waals surface area contributed by atoms with E-state index >= 15 is 0 Å². The van der Waals surface area contributed by atoms with E-state index in [1.165, 1.54) is 19.0 Å². The highest BCUT2D eigenvalue weighted by molar-refractivity contribution is 6.31. The van der Waals surface area contributed by atoms with E-state index in [0.29, 0.717) is 102 Å². The van der Waals surface area contributed by atoms with E-state index in [1.54, 1.807) is 67.7 Å². The molecule has 0 saturated carbocycles. The first kappa shape index (κ1) is 72.5. The molecule has 7 aromatic heterocycles. The number of aromatic carboxylic acids is 1. The standard InChI is InChI=1S/C22H23ClN4O2.C20H20ClN3O2.C18H16ClN3O2.C15H16ClNO2/c1-15-16(2)27(13-17-11-24-14-25-12-17)21(22(28)26-7-9-29-10-8-26)20(15)18-3-5-19(23)6-4-18;1-4-26-20(25)19-18(16-5-7-17(21)8-6-16)13(2)14(3)24(19)11-15-9-22-12-23-10-15;1-11-12(2)22(9-13-7-20-10-21-8-13)17(18(23)24)16(11)14-3-5-15(19)6-4-14;1-4-19-15(18)14-13(9(2)10(3)17-14)11-5-7-12(16)8-6-11/h3-6,11-12,14H,7-10,13H2,1-2H3;5-10,12H,4,11H2,1-3H3;3-8,10H,9H2,1-2H3,(H,23,24);5-8,17H,4H2,1-3H3. The topological polar surface area (TPSA) is 227 Å². The van der Waals surface area contributed by atoms with Crippen molar-refractivity contribution in [3.8, 4) is 44.5 Å². The molecule has 4 aromatic carbocycles. The number of amides is 1. The Morgan fingerprint density at radius 3 is 1.12 bits per heavy atom. The molecule has 8 heterocycles. The molecule has 11 aromatic rings. The molecule has 1 fully saturated rings. The summed E-state index contributed by atoms with van der Waals surface area (Å²) in [5.41, 5.74) is 19.8. The summed E-state index contributed by atoms with van der Waals surface area (Å²) in [6, 6.07) is 29.8. The minimum absolute atomic E-state index is 0.0197. The Morgan fingerprint density at radius 2 is 0.765 bits per heavy atom. The quantitative estimate of drug-likeness (QED) is 0.0858. The lowest BCUT2D eigenvalue weighted by Gasteiger charge is -2.28. The number of esters is 2. The Morgan fingerprint density at radius 1 is 0.449 bits per heavy atom. The fourth-order valence-corrected chi connectivity index (χ4v) is 12.2. The summed E-state index contributed by atoms with van der Waals surface area (Å²) < 4.78 is 21.7. The summed E-state index contributed by atoms with van der Waals surface area (Å²) in [6.07, 6.45) is 14.9. The molecular weight excluding hydrogens is 1320 g/mol. The Bertz CT molecular complexity index is 4570. The molecule has 1 amide bonds. The second-order valence-electron chi connectivity index (χ2n) is 23.1. The van der Waals surface area contributed by atoms with Crippen molar-refractivity contribution in [3.63, 3.8) is 0 Å². The number of rotatable bonds is 16. The predicted molar refractivity (Wildman–Crippen MR) is 383 cm³/mol. The summed E-state index contributed by atoms with van der Waals surface area (Å²) in [5.74, 6) is -1.62. The third kappa shape index (κ3) is 17.0. The van der Waals surface area contributed by atoms with Gasteiger partial charge in [0.05, 0.1) is 46.1 Å². The van der Waals surface area contributed by atoms with Gasteiger partial charge in [0.2, 0.25) is 0 Å². The smallest absolute Gasteiger partial charge is 0.355 e. The number of carbonyl (C=O) groups is 4. The Labute approximate surface area is 589 Å². The van der Waals surface area contributed by atoms with Gasteiger partial charge in [-0.2, -0.15) is 0 Å². The van der Waals surface area contributed by atoms with Gasteiger partial charge in [0.1, 0.15) is 41.8 Å². The Hall–Kier alpha value is -9.76. The SMILES string of the molecule is CCOC(=O)c1[nH]c(C)c(C)c1-c1ccc(Cl)cc1.CCOC(=O)c1c(-c2ccc(Cl)cc2)c(C)c(C)n1Cc1cncnc1.Cc1c(-c2ccc(Cl)cc2)c(C(=O)N2CCOCC2)n(Cc2cncnc2)c1C.Cc1c(-c2ccc(Cl)cc2)c(C(=O)O)n(Cc2cncnc2)c1C. The van der Waals surface area contributed by atoms with Gasteiger partial charge in [0, 0.05) is 132 Å². The summed E-state index contributed by atoms with van der Waals surface area (Å²) in [5, 5.41) is 12.4. The van der Waals surface area contributed by atoms with Gasteiger partial charge in [-0.25, -0.2) is 44.3 Å². The van der Waals surface area contributed by atoms with E-state index < -0.39 is 5.97 Å². The van der Waals surface area contributed by atoms with E-state index in [4.69, 9.17) is 60.6 Å². The number of nitrogens with one attached hydrogen (secondary N) is 1. The van der Waals surface area contributed by atoms with Crippen molar-refractivity contribution >= 4 is 70.2 Å². The van der Waals surface area contributed by atoms with Crippen LogP contribution in [0.15, 0.2) is 153 Å². The molecule has 12 rings (SSSR count). The van der Waals surface area contributed by atoms with E-state index in [1.807, 2.05) is 136 Å². The van der Waals surface area contributed by atoms with Crippen LogP contribution in [0.3, 0.4) is 0 Å². The number of ether oxygens (including phenoxy) is 3. The summed E-state index contributed by atoms with van der Waals surface area (Å²) in [7, 11) is 0. The number of aromatic amines is 1. The zero-order valence-corrected chi connectivity index (χ0v) is 59.1. The maximum atomic E-state index is 13.6. The first-order valence-electron chi connectivity index (χ1n) is 31.6. The minimum atomic E-state index is -0.965. The Kier molecular flexibility index (Phi) is 24.8. The van der Waals surface area contributed by atoms with Gasteiger partial charge in [0.15, 0.2) is 0 Å². The number of nitrogens with zero attached hydrogens (tertiary/aromatic N) is 10. The molecule has 0 aliphatic carbocycles. The number of morpholine rings is 1. The second-order valence-corrected chi connectivity index (χ2v) is 24.8. The summed E-state index contributed by atoms with van der Waals surface area (Å²) in [4.78, 5) is 79.7. The number of carbonyl (C=O) groups excluding carboxylic acids is 3. The minimum Gasteiger partial charge on any atom is -0.477 e. The van der Waals surface area contributed by atoms with Crippen molar-refractivity contribution in [2.45, 2.75) is 88.9 Å². The van der Waals surface area contributed by atoms with Crippen LogP contribution in [-0.4, -0.2) is 122 Å². The molecular formula is C75H75Cl4N11O8. The van der Waals surface area contributed by atoms with Crippen molar-refractivity contribution in [2.75, 3.05) is 39.5 Å².